The Morgan fingerprint density at radius 1 is 1.31 bits per heavy atom. The first-order valence-corrected chi connectivity index (χ1v) is 5.45. The molecule has 0 aliphatic rings. The Morgan fingerprint density at radius 3 is 3.00 bits per heavy atom. The van der Waals surface area contributed by atoms with E-state index in [0.29, 0.717) is 17.6 Å². The summed E-state index contributed by atoms with van der Waals surface area (Å²) in [6, 6.07) is 6.73. The Hall–Kier alpha value is -1.77. The number of hydrogen-bond acceptors (Lipinski definition) is 3. The molecule has 84 valence electrons. The second-order valence-corrected chi connectivity index (χ2v) is 3.64. The topological polar surface area (TPSA) is 39.4 Å². The molecule has 0 fully saturated rings. The summed E-state index contributed by atoms with van der Waals surface area (Å²) < 4.78 is 10.7. The number of hydrogen-bond donors (Lipinski definition) is 0. The minimum Gasteiger partial charge on any atom is -0.494 e. The van der Waals surface area contributed by atoms with Gasteiger partial charge in [0.05, 0.1) is 18.3 Å². The minimum absolute atomic E-state index is 0.0396. The Balaban J connectivity index is 2.29. The lowest BCUT2D eigenvalue weighted by atomic mass is 10.2. The van der Waals surface area contributed by atoms with E-state index in [1.807, 2.05) is 6.07 Å². The van der Waals surface area contributed by atoms with Gasteiger partial charge in [-0.3, -0.25) is 4.79 Å². The van der Waals surface area contributed by atoms with Crippen molar-refractivity contribution in [3.05, 3.63) is 40.8 Å². The van der Waals surface area contributed by atoms with Crippen molar-refractivity contribution in [3.63, 3.8) is 0 Å². The van der Waals surface area contributed by atoms with Crippen molar-refractivity contribution in [2.75, 3.05) is 6.61 Å². The van der Waals surface area contributed by atoms with E-state index in [0.717, 1.165) is 18.6 Å². The molecule has 0 saturated heterocycles. The molecule has 3 heteroatoms. The van der Waals surface area contributed by atoms with E-state index >= 15 is 0 Å². The van der Waals surface area contributed by atoms with Gasteiger partial charge in [-0.2, -0.15) is 0 Å². The van der Waals surface area contributed by atoms with Gasteiger partial charge in [0.25, 0.3) is 0 Å². The van der Waals surface area contributed by atoms with Crippen molar-refractivity contribution < 1.29 is 9.15 Å². The zero-order valence-electron chi connectivity index (χ0n) is 9.23. The van der Waals surface area contributed by atoms with Gasteiger partial charge in [0.1, 0.15) is 11.3 Å². The van der Waals surface area contributed by atoms with E-state index in [1.54, 1.807) is 12.1 Å². The third-order valence-corrected chi connectivity index (χ3v) is 2.40. The normalized spacial score (nSPS) is 10.6. The van der Waals surface area contributed by atoms with Crippen LogP contribution in [0, 0.1) is 0 Å². The van der Waals surface area contributed by atoms with Crippen LogP contribution in [0.4, 0.5) is 0 Å². The Kier molecular flexibility index (Phi) is 3.25. The first-order chi connectivity index (χ1) is 7.81. The van der Waals surface area contributed by atoms with Gasteiger partial charge < -0.3 is 9.15 Å². The van der Waals surface area contributed by atoms with Crippen LogP contribution in [0.25, 0.3) is 11.0 Å². The summed E-state index contributed by atoms with van der Waals surface area (Å²) in [6.07, 6.45) is 3.51. The molecule has 1 aromatic heterocycles. The smallest absolute Gasteiger partial charge is 0.192 e. The van der Waals surface area contributed by atoms with E-state index in [4.69, 9.17) is 9.15 Å². The van der Waals surface area contributed by atoms with Crippen LogP contribution in [0.15, 0.2) is 39.7 Å². The standard InChI is InChI=1S/C13H14O3/c1-2-3-7-15-10-4-5-13-11(9-10)12(14)6-8-16-13/h4-6,8-9H,2-3,7H2,1H3. The molecular formula is C13H14O3. The van der Waals surface area contributed by atoms with Crippen molar-refractivity contribution in [1.29, 1.82) is 0 Å². The van der Waals surface area contributed by atoms with Gasteiger partial charge in [0, 0.05) is 6.07 Å². The van der Waals surface area contributed by atoms with Gasteiger partial charge in [-0.15, -0.1) is 0 Å². The molecular weight excluding hydrogens is 204 g/mol. The number of rotatable bonds is 4. The van der Waals surface area contributed by atoms with Crippen LogP contribution >= 0.6 is 0 Å². The molecule has 16 heavy (non-hydrogen) atoms. The molecule has 1 aromatic carbocycles. The first kappa shape index (κ1) is 10.7. The average Bonchev–Trinajstić information content (AvgIpc) is 2.30. The fourth-order valence-electron chi connectivity index (χ4n) is 1.49. The van der Waals surface area contributed by atoms with Crippen molar-refractivity contribution in [3.8, 4) is 5.75 Å². The van der Waals surface area contributed by atoms with Gasteiger partial charge >= 0.3 is 0 Å². The maximum atomic E-state index is 11.5. The third-order valence-electron chi connectivity index (χ3n) is 2.40. The summed E-state index contributed by atoms with van der Waals surface area (Å²) in [5, 5.41) is 0.566. The lowest BCUT2D eigenvalue weighted by Crippen LogP contribution is -2.00. The summed E-state index contributed by atoms with van der Waals surface area (Å²) in [6.45, 7) is 2.79. The third kappa shape index (κ3) is 2.24. The van der Waals surface area contributed by atoms with Crippen LogP contribution < -0.4 is 10.2 Å². The van der Waals surface area contributed by atoms with Gasteiger partial charge in [-0.25, -0.2) is 0 Å². The predicted molar refractivity (Wildman–Crippen MR) is 62.9 cm³/mol. The molecule has 0 atom stereocenters. The van der Waals surface area contributed by atoms with E-state index in [1.165, 1.54) is 12.3 Å². The fraction of sp³-hybridized carbons (Fsp3) is 0.308. The van der Waals surface area contributed by atoms with Crippen LogP contribution in [0.5, 0.6) is 5.75 Å². The zero-order valence-corrected chi connectivity index (χ0v) is 9.23. The maximum absolute atomic E-state index is 11.5. The summed E-state index contributed by atoms with van der Waals surface area (Å²) >= 11 is 0. The molecule has 0 radical (unpaired) electrons. The highest BCUT2D eigenvalue weighted by Gasteiger charge is 2.01. The number of fused-ring (bicyclic) bond motifs is 1. The molecule has 3 nitrogen and oxygen atoms in total. The highest BCUT2D eigenvalue weighted by molar-refractivity contribution is 5.77. The van der Waals surface area contributed by atoms with Gasteiger partial charge in [0.2, 0.25) is 0 Å². The van der Waals surface area contributed by atoms with E-state index in [2.05, 4.69) is 6.92 Å². The lowest BCUT2D eigenvalue weighted by molar-refractivity contribution is 0.309. The molecule has 0 N–H and O–H groups in total. The molecule has 0 saturated carbocycles. The summed E-state index contributed by atoms with van der Waals surface area (Å²) in [7, 11) is 0. The summed E-state index contributed by atoms with van der Waals surface area (Å²) in [5.41, 5.74) is 0.553. The van der Waals surface area contributed by atoms with Gasteiger partial charge in [0.15, 0.2) is 5.43 Å². The second-order valence-electron chi connectivity index (χ2n) is 3.64. The zero-order chi connectivity index (χ0) is 11.4. The molecule has 0 bridgehead atoms. The van der Waals surface area contributed by atoms with Crippen LogP contribution in [-0.4, -0.2) is 6.61 Å². The number of unbranched alkanes of at least 4 members (excludes halogenated alkanes) is 1. The van der Waals surface area contributed by atoms with E-state index in [-0.39, 0.29) is 5.43 Å². The van der Waals surface area contributed by atoms with Crippen LogP contribution in [0.3, 0.4) is 0 Å². The van der Waals surface area contributed by atoms with Gasteiger partial charge in [-0.1, -0.05) is 13.3 Å². The molecule has 0 unspecified atom stereocenters. The SMILES string of the molecule is CCCCOc1ccc2occc(=O)c2c1. The predicted octanol–water partition coefficient (Wildman–Crippen LogP) is 2.97. The van der Waals surface area contributed by atoms with Crippen molar-refractivity contribution in [1.82, 2.24) is 0 Å². The van der Waals surface area contributed by atoms with Crippen molar-refractivity contribution in [2.45, 2.75) is 19.8 Å². The van der Waals surface area contributed by atoms with E-state index < -0.39 is 0 Å². The molecule has 2 aromatic rings. The molecule has 1 heterocycles. The van der Waals surface area contributed by atoms with E-state index in [9.17, 15) is 4.79 Å². The van der Waals surface area contributed by atoms with Crippen LogP contribution in [-0.2, 0) is 0 Å². The molecule has 0 amide bonds. The maximum Gasteiger partial charge on any atom is 0.192 e. The molecule has 0 aliphatic heterocycles. The van der Waals surface area contributed by atoms with Crippen molar-refractivity contribution in [2.24, 2.45) is 0 Å². The summed E-state index contributed by atoms with van der Waals surface area (Å²) in [4.78, 5) is 11.5. The number of ether oxygens (including phenoxy) is 1. The fourth-order valence-corrected chi connectivity index (χ4v) is 1.49. The quantitative estimate of drug-likeness (QED) is 0.740. The first-order valence-electron chi connectivity index (χ1n) is 5.45. The molecule has 0 spiro atoms. The Labute approximate surface area is 93.7 Å². The molecule has 0 aliphatic carbocycles. The second kappa shape index (κ2) is 4.84. The molecule has 2 rings (SSSR count). The monoisotopic (exact) mass is 218 g/mol. The Bertz CT molecular complexity index is 528. The Morgan fingerprint density at radius 2 is 2.19 bits per heavy atom. The minimum atomic E-state index is -0.0396. The van der Waals surface area contributed by atoms with Crippen molar-refractivity contribution >= 4 is 11.0 Å². The highest BCUT2D eigenvalue weighted by Crippen LogP contribution is 2.18. The summed E-state index contributed by atoms with van der Waals surface area (Å²) in [5.74, 6) is 0.722. The highest BCUT2D eigenvalue weighted by atomic mass is 16.5. The van der Waals surface area contributed by atoms with Crippen LogP contribution in [0.2, 0.25) is 0 Å². The van der Waals surface area contributed by atoms with Crippen LogP contribution in [0.1, 0.15) is 19.8 Å². The number of benzene rings is 1. The van der Waals surface area contributed by atoms with Gasteiger partial charge in [-0.05, 0) is 24.6 Å². The largest absolute Gasteiger partial charge is 0.494 e. The lowest BCUT2D eigenvalue weighted by Gasteiger charge is -2.05. The average molecular weight is 218 g/mol.